The molecule has 1 aromatic rings. The summed E-state index contributed by atoms with van der Waals surface area (Å²) in [5.74, 6) is 0.832. The number of nitrogens with one attached hydrogen (secondary N) is 2. The van der Waals surface area contributed by atoms with Crippen molar-refractivity contribution in [3.8, 4) is 0 Å². The van der Waals surface area contributed by atoms with E-state index in [2.05, 4.69) is 72.4 Å². The molecule has 28 heavy (non-hydrogen) atoms. The molecular formula is C22H39N5O. The molecule has 0 amide bonds. The van der Waals surface area contributed by atoms with Crippen LogP contribution in [-0.2, 0) is 17.8 Å². The van der Waals surface area contributed by atoms with Gasteiger partial charge in [0.1, 0.15) is 0 Å². The van der Waals surface area contributed by atoms with E-state index in [1.807, 2.05) is 0 Å². The van der Waals surface area contributed by atoms with Crippen molar-refractivity contribution in [1.82, 2.24) is 20.4 Å². The lowest BCUT2D eigenvalue weighted by Gasteiger charge is -2.34. The molecule has 2 rings (SSSR count). The second kappa shape index (κ2) is 11.4. The lowest BCUT2D eigenvalue weighted by molar-refractivity contribution is 0.0268. The van der Waals surface area contributed by atoms with Crippen LogP contribution in [0.4, 0.5) is 0 Å². The molecule has 0 radical (unpaired) electrons. The van der Waals surface area contributed by atoms with Crippen LogP contribution in [0.5, 0.6) is 0 Å². The Morgan fingerprint density at radius 2 is 1.68 bits per heavy atom. The smallest absolute Gasteiger partial charge is 0.191 e. The fourth-order valence-electron chi connectivity index (χ4n) is 3.25. The first-order valence-electron chi connectivity index (χ1n) is 10.6. The predicted octanol–water partition coefficient (Wildman–Crippen LogP) is 2.30. The number of guanidine groups is 1. The van der Waals surface area contributed by atoms with Crippen LogP contribution in [0.1, 0.15) is 38.8 Å². The van der Waals surface area contributed by atoms with Crippen molar-refractivity contribution >= 4 is 5.96 Å². The number of piperazine rings is 1. The molecule has 0 atom stereocenters. The summed E-state index contributed by atoms with van der Waals surface area (Å²) in [6.45, 7) is 17.5. The molecular weight excluding hydrogens is 350 g/mol. The number of likely N-dealkylation sites (N-methyl/N-ethyl adjacent to an activating group) is 1. The van der Waals surface area contributed by atoms with Gasteiger partial charge in [-0.05, 0) is 38.4 Å². The SMILES string of the molecule is CCNC(=NCc1ccccc1CN1CCN(CC)CC1)NCC(C)(C)OC. The van der Waals surface area contributed by atoms with E-state index in [4.69, 9.17) is 9.73 Å². The quantitative estimate of drug-likeness (QED) is 0.501. The Morgan fingerprint density at radius 1 is 1.04 bits per heavy atom. The molecule has 1 heterocycles. The van der Waals surface area contributed by atoms with Crippen molar-refractivity contribution < 1.29 is 4.74 Å². The van der Waals surface area contributed by atoms with Crippen LogP contribution in [-0.4, -0.2) is 74.3 Å². The van der Waals surface area contributed by atoms with E-state index < -0.39 is 0 Å². The largest absolute Gasteiger partial charge is 0.377 e. The summed E-state index contributed by atoms with van der Waals surface area (Å²) in [6.07, 6.45) is 0. The van der Waals surface area contributed by atoms with Gasteiger partial charge in [0.25, 0.3) is 0 Å². The Labute approximate surface area is 171 Å². The Bertz CT molecular complexity index is 609. The standard InChI is InChI=1S/C22H39N5O/c1-6-23-21(25-18-22(3,4)28-5)24-16-19-10-8-9-11-20(19)17-27-14-12-26(7-2)13-15-27/h8-11H,6-7,12-18H2,1-5H3,(H2,23,24,25). The lowest BCUT2D eigenvalue weighted by atomic mass is 10.1. The van der Waals surface area contributed by atoms with Gasteiger partial charge in [0.05, 0.1) is 12.1 Å². The molecule has 1 saturated heterocycles. The zero-order chi connectivity index (χ0) is 20.4. The second-order valence-corrected chi connectivity index (χ2v) is 7.99. The highest BCUT2D eigenvalue weighted by molar-refractivity contribution is 5.79. The summed E-state index contributed by atoms with van der Waals surface area (Å²) >= 11 is 0. The fraction of sp³-hybridized carbons (Fsp3) is 0.682. The topological polar surface area (TPSA) is 52.1 Å². The van der Waals surface area contributed by atoms with Gasteiger partial charge < -0.3 is 20.3 Å². The summed E-state index contributed by atoms with van der Waals surface area (Å²) in [7, 11) is 1.74. The van der Waals surface area contributed by atoms with Gasteiger partial charge in [0, 0.05) is 52.9 Å². The molecule has 0 bridgehead atoms. The molecule has 158 valence electrons. The van der Waals surface area contributed by atoms with Crippen molar-refractivity contribution in [2.45, 2.75) is 46.4 Å². The first-order valence-corrected chi connectivity index (χ1v) is 10.6. The van der Waals surface area contributed by atoms with Crippen LogP contribution in [0.3, 0.4) is 0 Å². The molecule has 0 aromatic heterocycles. The van der Waals surface area contributed by atoms with Gasteiger partial charge in [0.15, 0.2) is 5.96 Å². The minimum absolute atomic E-state index is 0.227. The Kier molecular flexibility index (Phi) is 9.22. The van der Waals surface area contributed by atoms with Gasteiger partial charge >= 0.3 is 0 Å². The third-order valence-corrected chi connectivity index (χ3v) is 5.41. The number of ether oxygens (including phenoxy) is 1. The van der Waals surface area contributed by atoms with Crippen LogP contribution >= 0.6 is 0 Å². The summed E-state index contributed by atoms with van der Waals surface area (Å²) in [5.41, 5.74) is 2.45. The molecule has 0 unspecified atom stereocenters. The van der Waals surface area contributed by atoms with Crippen molar-refractivity contribution in [2.75, 3.05) is 52.9 Å². The van der Waals surface area contributed by atoms with Crippen molar-refractivity contribution in [2.24, 2.45) is 4.99 Å². The van der Waals surface area contributed by atoms with E-state index in [0.717, 1.165) is 38.7 Å². The molecule has 6 nitrogen and oxygen atoms in total. The maximum atomic E-state index is 5.49. The molecule has 2 N–H and O–H groups in total. The Morgan fingerprint density at radius 3 is 2.29 bits per heavy atom. The van der Waals surface area contributed by atoms with E-state index in [1.54, 1.807) is 7.11 Å². The van der Waals surface area contributed by atoms with Crippen molar-refractivity contribution in [1.29, 1.82) is 0 Å². The van der Waals surface area contributed by atoms with Crippen LogP contribution in [0.15, 0.2) is 29.3 Å². The van der Waals surface area contributed by atoms with E-state index in [-0.39, 0.29) is 5.60 Å². The van der Waals surface area contributed by atoms with Gasteiger partial charge in [-0.2, -0.15) is 0 Å². The lowest BCUT2D eigenvalue weighted by Crippen LogP contribution is -2.45. The highest BCUT2D eigenvalue weighted by Gasteiger charge is 2.18. The molecule has 1 aliphatic heterocycles. The molecule has 1 fully saturated rings. The number of hydrogen-bond donors (Lipinski definition) is 2. The van der Waals surface area contributed by atoms with Gasteiger partial charge in [-0.25, -0.2) is 4.99 Å². The summed E-state index contributed by atoms with van der Waals surface area (Å²) in [6, 6.07) is 8.68. The third-order valence-electron chi connectivity index (χ3n) is 5.41. The first kappa shape index (κ1) is 22.7. The predicted molar refractivity (Wildman–Crippen MR) is 118 cm³/mol. The number of methoxy groups -OCH3 is 1. The highest BCUT2D eigenvalue weighted by Crippen LogP contribution is 2.15. The molecule has 6 heteroatoms. The number of hydrogen-bond acceptors (Lipinski definition) is 4. The fourth-order valence-corrected chi connectivity index (χ4v) is 3.25. The van der Waals surface area contributed by atoms with E-state index in [1.165, 1.54) is 24.2 Å². The van der Waals surface area contributed by atoms with Crippen molar-refractivity contribution in [3.05, 3.63) is 35.4 Å². The summed E-state index contributed by atoms with van der Waals surface area (Å²) < 4.78 is 5.49. The summed E-state index contributed by atoms with van der Waals surface area (Å²) in [5, 5.41) is 6.72. The zero-order valence-corrected chi connectivity index (χ0v) is 18.4. The van der Waals surface area contributed by atoms with Crippen LogP contribution in [0, 0.1) is 0 Å². The second-order valence-electron chi connectivity index (χ2n) is 7.99. The highest BCUT2D eigenvalue weighted by atomic mass is 16.5. The van der Waals surface area contributed by atoms with Crippen LogP contribution in [0.2, 0.25) is 0 Å². The molecule has 0 saturated carbocycles. The number of aliphatic imine (C=N–C) groups is 1. The molecule has 1 aromatic carbocycles. The Balaban J connectivity index is 1.99. The van der Waals surface area contributed by atoms with Crippen LogP contribution in [0.25, 0.3) is 0 Å². The maximum Gasteiger partial charge on any atom is 0.191 e. The van der Waals surface area contributed by atoms with Gasteiger partial charge in [-0.3, -0.25) is 4.90 Å². The first-order chi connectivity index (χ1) is 13.5. The number of nitrogens with zero attached hydrogens (tertiary/aromatic N) is 3. The van der Waals surface area contributed by atoms with Crippen molar-refractivity contribution in [3.63, 3.8) is 0 Å². The molecule has 0 spiro atoms. The third kappa shape index (κ3) is 7.41. The summed E-state index contributed by atoms with van der Waals surface area (Å²) in [4.78, 5) is 9.88. The normalized spacial score (nSPS) is 17.0. The molecule has 1 aliphatic rings. The Hall–Kier alpha value is -1.63. The van der Waals surface area contributed by atoms with Gasteiger partial charge in [-0.15, -0.1) is 0 Å². The van der Waals surface area contributed by atoms with E-state index in [9.17, 15) is 0 Å². The van der Waals surface area contributed by atoms with Gasteiger partial charge in [0.2, 0.25) is 0 Å². The number of benzene rings is 1. The zero-order valence-electron chi connectivity index (χ0n) is 18.4. The van der Waals surface area contributed by atoms with Crippen LogP contribution < -0.4 is 10.6 Å². The number of rotatable bonds is 9. The van der Waals surface area contributed by atoms with Gasteiger partial charge in [-0.1, -0.05) is 31.2 Å². The average Bonchev–Trinajstić information content (AvgIpc) is 2.71. The van der Waals surface area contributed by atoms with E-state index in [0.29, 0.717) is 13.1 Å². The molecule has 0 aliphatic carbocycles. The minimum Gasteiger partial charge on any atom is -0.377 e. The van der Waals surface area contributed by atoms with E-state index >= 15 is 0 Å². The average molecular weight is 390 g/mol. The minimum atomic E-state index is -0.227. The monoisotopic (exact) mass is 389 g/mol. The maximum absolute atomic E-state index is 5.49.